The Labute approximate surface area is 183 Å². The van der Waals surface area contributed by atoms with Crippen molar-refractivity contribution >= 4 is 45.5 Å². The van der Waals surface area contributed by atoms with E-state index in [1.165, 1.54) is 18.9 Å². The number of benzene rings is 1. The lowest BCUT2D eigenvalue weighted by Gasteiger charge is -2.18. The van der Waals surface area contributed by atoms with Crippen LogP contribution in [0.25, 0.3) is 10.9 Å². The number of rotatable bonds is 6. The third kappa shape index (κ3) is 4.05. The summed E-state index contributed by atoms with van der Waals surface area (Å²) in [6, 6.07) is 10.5. The molecule has 3 N–H and O–H groups in total. The zero-order chi connectivity index (χ0) is 22.3. The molecule has 3 aromatic rings. The Bertz CT molecular complexity index is 1310. The molecule has 1 atom stereocenters. The molecule has 0 bridgehead atoms. The van der Waals surface area contributed by atoms with E-state index in [2.05, 4.69) is 22.5 Å². The Morgan fingerprint density at radius 3 is 2.71 bits per heavy atom. The number of nitrogens with zero attached hydrogens (tertiary/aromatic N) is 3. The lowest BCUT2D eigenvalue weighted by molar-refractivity contribution is 0.0690. The number of aromatic carboxylic acids is 1. The summed E-state index contributed by atoms with van der Waals surface area (Å²) in [5.41, 5.74) is 2.01. The molecule has 1 unspecified atom stereocenters. The Hall–Kier alpha value is -3.57. The van der Waals surface area contributed by atoms with Crippen molar-refractivity contribution in [2.75, 3.05) is 10.6 Å². The van der Waals surface area contributed by atoms with Crippen LogP contribution in [0.4, 0.5) is 17.1 Å². The van der Waals surface area contributed by atoms with E-state index in [4.69, 9.17) is 11.6 Å². The van der Waals surface area contributed by atoms with Gasteiger partial charge >= 0.3 is 5.97 Å². The van der Waals surface area contributed by atoms with Crippen LogP contribution in [-0.4, -0.2) is 26.7 Å². The minimum absolute atomic E-state index is 0.0490. The van der Waals surface area contributed by atoms with Crippen LogP contribution in [0.15, 0.2) is 35.1 Å². The quantitative estimate of drug-likeness (QED) is 0.496. The first-order chi connectivity index (χ1) is 14.8. The lowest BCUT2D eigenvalue weighted by atomic mass is 10.1. The summed E-state index contributed by atoms with van der Waals surface area (Å²) in [7, 11) is 1.71. The fraction of sp³-hybridized carbons (Fsp3) is 0.273. The van der Waals surface area contributed by atoms with Crippen LogP contribution in [0.3, 0.4) is 0 Å². The standard InChI is InChI=1S/C22H20ClN5O3/c1-11(12-3-4-12)25-17-9-20(29)28(2)19-6-5-13(7-14(17)19)26-16-8-18(22(30)31)27-21(23)15(16)10-24/h5-9,11-12,25H,3-4H2,1-2H3,(H,26,27)(H,30,31). The second-order valence-electron chi connectivity index (χ2n) is 7.72. The highest BCUT2D eigenvalue weighted by Crippen LogP contribution is 2.35. The maximum absolute atomic E-state index is 12.4. The van der Waals surface area contributed by atoms with E-state index >= 15 is 0 Å². The van der Waals surface area contributed by atoms with Gasteiger partial charge in [-0.2, -0.15) is 5.26 Å². The Kier molecular flexibility index (Phi) is 5.29. The van der Waals surface area contributed by atoms with Crippen LogP contribution in [0.5, 0.6) is 0 Å². The summed E-state index contributed by atoms with van der Waals surface area (Å²) in [6.07, 6.45) is 2.35. The molecular formula is C22H20ClN5O3. The molecular weight excluding hydrogens is 418 g/mol. The van der Waals surface area contributed by atoms with Crippen molar-refractivity contribution in [1.82, 2.24) is 9.55 Å². The molecule has 2 heterocycles. The molecule has 9 heteroatoms. The number of carbonyl (C=O) groups is 1. The fourth-order valence-corrected chi connectivity index (χ4v) is 3.84. The normalized spacial score (nSPS) is 14.1. The molecule has 0 amide bonds. The molecule has 1 aliphatic carbocycles. The number of carboxylic acids is 1. The Morgan fingerprint density at radius 1 is 1.32 bits per heavy atom. The minimum Gasteiger partial charge on any atom is -0.477 e. The highest BCUT2D eigenvalue weighted by molar-refractivity contribution is 6.31. The number of nitriles is 1. The predicted molar refractivity (Wildman–Crippen MR) is 119 cm³/mol. The number of halogens is 1. The van der Waals surface area contributed by atoms with E-state index in [-0.39, 0.29) is 33.7 Å². The van der Waals surface area contributed by atoms with Gasteiger partial charge in [-0.05, 0) is 49.9 Å². The van der Waals surface area contributed by atoms with Gasteiger partial charge in [0.2, 0.25) is 0 Å². The molecule has 1 fully saturated rings. The van der Waals surface area contributed by atoms with Crippen LogP contribution in [0.1, 0.15) is 35.8 Å². The van der Waals surface area contributed by atoms with E-state index in [0.29, 0.717) is 11.6 Å². The molecule has 4 rings (SSSR count). The Balaban J connectivity index is 1.79. The summed E-state index contributed by atoms with van der Waals surface area (Å²) in [4.78, 5) is 27.5. The average Bonchev–Trinajstić information content (AvgIpc) is 3.57. The SMILES string of the molecule is CC(Nc1cc(=O)n(C)c2ccc(Nc3cc(C(=O)O)nc(Cl)c3C#N)cc12)C1CC1. The van der Waals surface area contributed by atoms with Gasteiger partial charge in [0.25, 0.3) is 5.56 Å². The lowest BCUT2D eigenvalue weighted by Crippen LogP contribution is -2.22. The number of hydrogen-bond acceptors (Lipinski definition) is 6. The monoisotopic (exact) mass is 437 g/mol. The molecule has 0 spiro atoms. The van der Waals surface area contributed by atoms with Gasteiger partial charge in [-0.1, -0.05) is 11.6 Å². The number of aryl methyl sites for hydroxylation is 1. The predicted octanol–water partition coefficient (Wildman–Crippen LogP) is 4.11. The summed E-state index contributed by atoms with van der Waals surface area (Å²) < 4.78 is 1.57. The number of anilines is 3. The maximum Gasteiger partial charge on any atom is 0.354 e. The van der Waals surface area contributed by atoms with Gasteiger partial charge in [-0.15, -0.1) is 0 Å². The third-order valence-electron chi connectivity index (χ3n) is 5.54. The number of carboxylic acid groups (broad SMARTS) is 1. The van der Waals surface area contributed by atoms with Crippen LogP contribution in [0.2, 0.25) is 5.15 Å². The minimum atomic E-state index is -1.25. The smallest absolute Gasteiger partial charge is 0.354 e. The first kappa shape index (κ1) is 20.7. The molecule has 8 nitrogen and oxygen atoms in total. The fourth-order valence-electron chi connectivity index (χ4n) is 3.60. The van der Waals surface area contributed by atoms with Crippen molar-refractivity contribution in [2.45, 2.75) is 25.8 Å². The van der Waals surface area contributed by atoms with E-state index in [9.17, 15) is 20.0 Å². The zero-order valence-electron chi connectivity index (χ0n) is 16.9. The van der Waals surface area contributed by atoms with Gasteiger partial charge in [-0.25, -0.2) is 9.78 Å². The van der Waals surface area contributed by atoms with E-state index < -0.39 is 5.97 Å². The summed E-state index contributed by atoms with van der Waals surface area (Å²) in [6.45, 7) is 2.11. The van der Waals surface area contributed by atoms with Crippen molar-refractivity contribution in [2.24, 2.45) is 13.0 Å². The third-order valence-corrected chi connectivity index (χ3v) is 5.82. The molecule has 0 aliphatic heterocycles. The van der Waals surface area contributed by atoms with Crippen LogP contribution in [0, 0.1) is 17.2 Å². The van der Waals surface area contributed by atoms with E-state index in [0.717, 1.165) is 16.6 Å². The summed E-state index contributed by atoms with van der Waals surface area (Å²) >= 11 is 6.01. The van der Waals surface area contributed by atoms with Gasteiger partial charge in [0.05, 0.1) is 11.2 Å². The number of aromatic nitrogens is 2. The second-order valence-corrected chi connectivity index (χ2v) is 8.08. The molecule has 158 valence electrons. The molecule has 2 aromatic heterocycles. The van der Waals surface area contributed by atoms with Crippen molar-refractivity contribution in [3.05, 3.63) is 57.1 Å². The number of hydrogen-bond donors (Lipinski definition) is 3. The first-order valence-corrected chi connectivity index (χ1v) is 10.2. The summed E-state index contributed by atoms with van der Waals surface area (Å²) in [5, 5.41) is 25.9. The van der Waals surface area contributed by atoms with Crippen molar-refractivity contribution in [3.63, 3.8) is 0 Å². The second kappa shape index (κ2) is 7.93. The maximum atomic E-state index is 12.4. The number of fused-ring (bicyclic) bond motifs is 1. The topological polar surface area (TPSA) is 120 Å². The van der Waals surface area contributed by atoms with Gasteiger partial charge in [0.1, 0.15) is 16.8 Å². The molecule has 1 aliphatic rings. The van der Waals surface area contributed by atoms with E-state index in [1.54, 1.807) is 29.8 Å². The zero-order valence-corrected chi connectivity index (χ0v) is 17.7. The van der Waals surface area contributed by atoms with Gasteiger partial charge in [-0.3, -0.25) is 4.79 Å². The Morgan fingerprint density at radius 2 is 2.06 bits per heavy atom. The summed E-state index contributed by atoms with van der Waals surface area (Å²) in [5.74, 6) is -0.643. The van der Waals surface area contributed by atoms with Crippen LogP contribution >= 0.6 is 11.6 Å². The van der Waals surface area contributed by atoms with E-state index in [1.807, 2.05) is 12.1 Å². The van der Waals surface area contributed by atoms with Gasteiger partial charge in [0.15, 0.2) is 5.69 Å². The van der Waals surface area contributed by atoms with Gasteiger partial charge < -0.3 is 20.3 Å². The van der Waals surface area contributed by atoms with Gasteiger partial charge in [0, 0.05) is 35.9 Å². The van der Waals surface area contributed by atoms with Crippen molar-refractivity contribution in [3.8, 4) is 6.07 Å². The van der Waals surface area contributed by atoms with Crippen LogP contribution < -0.4 is 16.2 Å². The number of pyridine rings is 2. The molecule has 0 saturated heterocycles. The highest BCUT2D eigenvalue weighted by atomic mass is 35.5. The van der Waals surface area contributed by atoms with Crippen LogP contribution in [-0.2, 0) is 7.05 Å². The number of nitrogens with one attached hydrogen (secondary N) is 2. The molecule has 1 aromatic carbocycles. The largest absolute Gasteiger partial charge is 0.477 e. The highest BCUT2D eigenvalue weighted by Gasteiger charge is 2.28. The molecule has 31 heavy (non-hydrogen) atoms. The average molecular weight is 438 g/mol. The van der Waals surface area contributed by atoms with Crippen molar-refractivity contribution < 1.29 is 9.90 Å². The molecule has 0 radical (unpaired) electrons. The first-order valence-electron chi connectivity index (χ1n) is 9.79. The van der Waals surface area contributed by atoms with Crippen molar-refractivity contribution in [1.29, 1.82) is 5.26 Å². The molecule has 1 saturated carbocycles.